The van der Waals surface area contributed by atoms with Crippen molar-refractivity contribution in [3.8, 4) is 56.1 Å². The summed E-state index contributed by atoms with van der Waals surface area (Å²) in [5.74, 6) is 3.03. The van der Waals surface area contributed by atoms with Crippen LogP contribution in [0.25, 0.3) is 43.2 Å². The standard InChI is InChI=1S/C43H38Cl2FN7O4S/c1-24-34-25(2)38(45)39(37(24)44)55-19-18-54-31-9-10-32(57-22-30-12-14-49-41(53-30)28-6-11-33(50-21-28)48-16-15-47-3)27(20-31)13-17-56-42-36-35(34)40(58-43(36)52-23-51-42)26-4-7-29(46)8-5-26/h4-12,14,20-21,23,47H,13,15-19,22H2,1-3H3,(H,48,50). The first-order valence-corrected chi connectivity index (χ1v) is 20.2. The van der Waals surface area contributed by atoms with E-state index in [1.165, 1.54) is 29.8 Å². The highest BCUT2D eigenvalue weighted by Gasteiger charge is 2.28. The molecule has 4 bridgehead atoms. The second kappa shape index (κ2) is 17.5. The number of benzene rings is 3. The van der Waals surface area contributed by atoms with Crippen LogP contribution in [0.2, 0.25) is 10.0 Å². The molecule has 0 aliphatic carbocycles. The lowest BCUT2D eigenvalue weighted by molar-refractivity contribution is 0.216. The van der Waals surface area contributed by atoms with E-state index < -0.39 is 0 Å². The average Bonchev–Trinajstić information content (AvgIpc) is 3.63. The van der Waals surface area contributed by atoms with E-state index in [4.69, 9.17) is 47.1 Å². The van der Waals surface area contributed by atoms with Crippen LogP contribution in [0.4, 0.5) is 10.2 Å². The predicted molar refractivity (Wildman–Crippen MR) is 226 cm³/mol. The SMILES string of the molecule is CNCCNc1ccc(-c2nccc(COc3ccc4cc3CCOc3ncnc5sc(-c6ccc(F)cc6)c(c35)-c3c(C)c(Cl)c(c(Cl)c3C)OCCO4)n2)cn1. The molecule has 296 valence electrons. The summed E-state index contributed by atoms with van der Waals surface area (Å²) >= 11 is 15.5. The summed E-state index contributed by atoms with van der Waals surface area (Å²) in [4.78, 5) is 24.5. The van der Waals surface area contributed by atoms with E-state index in [9.17, 15) is 4.39 Å². The van der Waals surface area contributed by atoms with Crippen LogP contribution < -0.4 is 29.6 Å². The lowest BCUT2D eigenvalue weighted by atomic mass is 9.92. The second-order valence-electron chi connectivity index (χ2n) is 13.4. The Morgan fingerprint density at radius 3 is 2.40 bits per heavy atom. The highest BCUT2D eigenvalue weighted by Crippen LogP contribution is 2.52. The molecule has 2 N–H and O–H groups in total. The van der Waals surface area contributed by atoms with Crippen LogP contribution in [0.15, 0.2) is 79.4 Å². The van der Waals surface area contributed by atoms with E-state index in [1.54, 1.807) is 24.5 Å². The topological polar surface area (TPSA) is 125 Å². The highest BCUT2D eigenvalue weighted by atomic mass is 35.5. The molecule has 58 heavy (non-hydrogen) atoms. The molecule has 0 amide bonds. The van der Waals surface area contributed by atoms with Crippen LogP contribution in [0, 0.1) is 19.7 Å². The van der Waals surface area contributed by atoms with Crippen molar-refractivity contribution in [2.45, 2.75) is 26.9 Å². The molecule has 3 aromatic carbocycles. The Bertz CT molecular complexity index is 2560. The Labute approximate surface area is 348 Å². The Kier molecular flexibility index (Phi) is 11.8. The number of thiophene rings is 1. The van der Waals surface area contributed by atoms with E-state index in [-0.39, 0.29) is 32.2 Å². The van der Waals surface area contributed by atoms with Gasteiger partial charge in [-0.05, 0) is 91.7 Å². The van der Waals surface area contributed by atoms with Crippen molar-refractivity contribution in [1.82, 2.24) is 30.2 Å². The number of hydrogen-bond acceptors (Lipinski definition) is 12. The first-order valence-electron chi connectivity index (χ1n) is 18.6. The van der Waals surface area contributed by atoms with Crippen molar-refractivity contribution < 1.29 is 23.3 Å². The number of pyridine rings is 1. The van der Waals surface area contributed by atoms with E-state index in [1.807, 2.05) is 57.3 Å². The van der Waals surface area contributed by atoms with Gasteiger partial charge in [-0.15, -0.1) is 11.3 Å². The third kappa shape index (κ3) is 8.21. The molecule has 0 radical (unpaired) electrons. The number of hydrogen-bond donors (Lipinski definition) is 2. The van der Waals surface area contributed by atoms with Crippen molar-refractivity contribution >= 4 is 50.6 Å². The fourth-order valence-corrected chi connectivity index (χ4v) is 8.44. The molecule has 2 aliphatic rings. The van der Waals surface area contributed by atoms with Crippen molar-refractivity contribution in [1.29, 1.82) is 0 Å². The third-order valence-corrected chi connectivity index (χ3v) is 11.7. The zero-order chi connectivity index (χ0) is 40.2. The summed E-state index contributed by atoms with van der Waals surface area (Å²) < 4.78 is 39.4. The van der Waals surface area contributed by atoms with Crippen molar-refractivity contribution in [2.75, 3.05) is 45.3 Å². The van der Waals surface area contributed by atoms with Crippen LogP contribution >= 0.6 is 34.5 Å². The molecule has 0 fully saturated rings. The zero-order valence-corrected chi connectivity index (χ0v) is 34.2. The highest BCUT2D eigenvalue weighted by molar-refractivity contribution is 7.22. The Morgan fingerprint density at radius 2 is 1.62 bits per heavy atom. The number of halogens is 3. The summed E-state index contributed by atoms with van der Waals surface area (Å²) in [7, 11) is 1.91. The van der Waals surface area contributed by atoms with E-state index in [2.05, 4.69) is 30.6 Å². The quantitative estimate of drug-likeness (QED) is 0.135. The molecule has 9 rings (SSSR count). The minimum atomic E-state index is -0.335. The Morgan fingerprint density at radius 1 is 0.828 bits per heavy atom. The molecular formula is C43H38Cl2FN7O4S. The van der Waals surface area contributed by atoms with E-state index in [0.717, 1.165) is 62.7 Å². The summed E-state index contributed by atoms with van der Waals surface area (Å²) in [6, 6.07) is 17.7. The number of rotatable bonds is 9. The molecule has 11 nitrogen and oxygen atoms in total. The summed E-state index contributed by atoms with van der Waals surface area (Å²) in [6.45, 7) is 6.31. The molecule has 6 heterocycles. The van der Waals surface area contributed by atoms with Crippen molar-refractivity contribution in [3.63, 3.8) is 0 Å². The maximum Gasteiger partial charge on any atom is 0.226 e. The number of likely N-dealkylation sites (N-methyl/N-ethyl adjacent to an activating group) is 1. The summed E-state index contributed by atoms with van der Waals surface area (Å²) in [6.07, 6.45) is 5.41. The molecular weight excluding hydrogens is 800 g/mol. The molecule has 0 unspecified atom stereocenters. The monoisotopic (exact) mass is 837 g/mol. The lowest BCUT2D eigenvalue weighted by Gasteiger charge is -2.20. The van der Waals surface area contributed by atoms with Gasteiger partial charge in [-0.1, -0.05) is 35.3 Å². The Hall–Kier alpha value is -5.60. The van der Waals surface area contributed by atoms with Crippen LogP contribution in [0.3, 0.4) is 0 Å². The van der Waals surface area contributed by atoms with Crippen LogP contribution in [-0.4, -0.2) is 64.9 Å². The van der Waals surface area contributed by atoms with Gasteiger partial charge in [0.05, 0.1) is 27.7 Å². The largest absolute Gasteiger partial charge is 0.490 e. The molecule has 0 saturated carbocycles. The number of anilines is 1. The zero-order valence-electron chi connectivity index (χ0n) is 31.9. The minimum Gasteiger partial charge on any atom is -0.490 e. The summed E-state index contributed by atoms with van der Waals surface area (Å²) in [5.41, 5.74) is 6.27. The van der Waals surface area contributed by atoms with Crippen molar-refractivity contribution in [3.05, 3.63) is 118 Å². The van der Waals surface area contributed by atoms with Crippen LogP contribution in [0.5, 0.6) is 23.1 Å². The molecule has 0 spiro atoms. The maximum absolute atomic E-state index is 14.1. The Balaban J connectivity index is 1.11. The van der Waals surface area contributed by atoms with Gasteiger partial charge in [0.25, 0.3) is 0 Å². The smallest absolute Gasteiger partial charge is 0.226 e. The van der Waals surface area contributed by atoms with E-state index >= 15 is 0 Å². The lowest BCUT2D eigenvalue weighted by Crippen LogP contribution is -2.18. The first-order chi connectivity index (χ1) is 28.3. The molecule has 0 saturated heterocycles. The first kappa shape index (κ1) is 39.2. The number of nitrogens with one attached hydrogen (secondary N) is 2. The third-order valence-electron chi connectivity index (χ3n) is 9.65. The van der Waals surface area contributed by atoms with Crippen LogP contribution in [0.1, 0.15) is 22.4 Å². The molecule has 0 atom stereocenters. The van der Waals surface area contributed by atoms with Gasteiger partial charge >= 0.3 is 0 Å². The summed E-state index contributed by atoms with van der Waals surface area (Å²) in [5, 5.41) is 7.83. The van der Waals surface area contributed by atoms with Crippen LogP contribution in [-0.2, 0) is 13.0 Å². The van der Waals surface area contributed by atoms with E-state index in [0.29, 0.717) is 61.3 Å². The number of aromatic nitrogens is 5. The predicted octanol–water partition coefficient (Wildman–Crippen LogP) is 9.54. The van der Waals surface area contributed by atoms with Gasteiger partial charge in [0.1, 0.15) is 54.1 Å². The number of nitrogens with zero attached hydrogens (tertiary/aromatic N) is 5. The molecule has 2 aliphatic heterocycles. The molecule has 7 aromatic rings. The van der Waals surface area contributed by atoms with Gasteiger partial charge in [-0.3, -0.25) is 0 Å². The van der Waals surface area contributed by atoms with Gasteiger partial charge in [0.2, 0.25) is 5.88 Å². The minimum absolute atomic E-state index is 0.190. The van der Waals surface area contributed by atoms with Gasteiger partial charge in [0, 0.05) is 53.5 Å². The molecule has 15 heteroatoms. The van der Waals surface area contributed by atoms with Gasteiger partial charge in [-0.25, -0.2) is 29.3 Å². The maximum atomic E-state index is 14.1. The number of fused-ring (bicyclic) bond motifs is 7. The average molecular weight is 839 g/mol. The van der Waals surface area contributed by atoms with Gasteiger partial charge in [-0.2, -0.15) is 0 Å². The molecule has 4 aromatic heterocycles. The van der Waals surface area contributed by atoms with Gasteiger partial charge < -0.3 is 29.6 Å². The number of ether oxygens (including phenoxy) is 4. The fourth-order valence-electron chi connectivity index (χ4n) is 6.75. The second-order valence-corrected chi connectivity index (χ2v) is 15.2. The van der Waals surface area contributed by atoms with Crippen molar-refractivity contribution in [2.24, 2.45) is 0 Å². The van der Waals surface area contributed by atoms with Gasteiger partial charge in [0.15, 0.2) is 11.6 Å². The fraction of sp³-hybridized carbons (Fsp3) is 0.233. The normalized spacial score (nSPS) is 12.7.